The molecule has 3 rings (SSSR count). The molecule has 3 aromatic rings. The molecule has 5 nitrogen and oxygen atoms in total. The van der Waals surface area contributed by atoms with Crippen LogP contribution in [-0.2, 0) is 0 Å². The van der Waals surface area contributed by atoms with Crippen LogP contribution in [0.15, 0.2) is 24.7 Å². The molecule has 2 N–H and O–H groups in total. The van der Waals surface area contributed by atoms with Crippen molar-refractivity contribution in [3.05, 3.63) is 42.1 Å². The molecule has 0 fully saturated rings. The third-order valence-electron chi connectivity index (χ3n) is 2.42. The summed E-state index contributed by atoms with van der Waals surface area (Å²) >= 11 is 0. The van der Waals surface area contributed by atoms with E-state index in [-0.39, 0.29) is 5.95 Å². The summed E-state index contributed by atoms with van der Waals surface area (Å²) in [5.74, 6) is -3.17. The standard InChI is InChI=1S/C11H6F3N5/c12-5-1-6(13)9(7(14)2-5)18-11-15-3-8-10(19-11)17-4-16-8/h1-4H,(H2,15,16,17,18,19). The molecule has 2 aromatic heterocycles. The lowest BCUT2D eigenvalue weighted by atomic mass is 10.3. The molecule has 0 amide bonds. The molecule has 2 heterocycles. The van der Waals surface area contributed by atoms with Gasteiger partial charge in [-0.3, -0.25) is 0 Å². The molecular weight excluding hydrogens is 259 g/mol. The predicted molar refractivity (Wildman–Crippen MR) is 61.3 cm³/mol. The maximum atomic E-state index is 13.4. The van der Waals surface area contributed by atoms with Gasteiger partial charge in [0.15, 0.2) is 17.3 Å². The van der Waals surface area contributed by atoms with Gasteiger partial charge in [0.25, 0.3) is 0 Å². The summed E-state index contributed by atoms with van der Waals surface area (Å²) in [6.45, 7) is 0. The molecular formula is C11H6F3N5. The van der Waals surface area contributed by atoms with E-state index in [9.17, 15) is 13.2 Å². The highest BCUT2D eigenvalue weighted by Gasteiger charge is 2.13. The van der Waals surface area contributed by atoms with Crippen LogP contribution in [0.1, 0.15) is 0 Å². The van der Waals surface area contributed by atoms with Crippen molar-refractivity contribution in [3.8, 4) is 0 Å². The molecule has 0 bridgehead atoms. The van der Waals surface area contributed by atoms with Crippen LogP contribution < -0.4 is 5.32 Å². The number of halogens is 3. The van der Waals surface area contributed by atoms with Crippen LogP contribution in [0.3, 0.4) is 0 Å². The third-order valence-corrected chi connectivity index (χ3v) is 2.42. The summed E-state index contributed by atoms with van der Waals surface area (Å²) in [5.41, 5.74) is 0.419. The van der Waals surface area contributed by atoms with Crippen LogP contribution in [0.25, 0.3) is 11.2 Å². The largest absolute Gasteiger partial charge is 0.342 e. The second kappa shape index (κ2) is 4.23. The first-order valence-corrected chi connectivity index (χ1v) is 5.21. The molecule has 8 heteroatoms. The van der Waals surface area contributed by atoms with Gasteiger partial charge in [0.1, 0.15) is 17.0 Å². The van der Waals surface area contributed by atoms with E-state index in [0.29, 0.717) is 23.3 Å². The third kappa shape index (κ3) is 2.07. The van der Waals surface area contributed by atoms with Gasteiger partial charge >= 0.3 is 0 Å². The van der Waals surface area contributed by atoms with E-state index in [1.54, 1.807) is 0 Å². The zero-order chi connectivity index (χ0) is 13.4. The minimum absolute atomic E-state index is 0.0380. The molecule has 0 atom stereocenters. The topological polar surface area (TPSA) is 66.5 Å². The fourth-order valence-corrected chi connectivity index (χ4v) is 1.57. The molecule has 0 radical (unpaired) electrons. The van der Waals surface area contributed by atoms with Gasteiger partial charge in [-0.1, -0.05) is 0 Å². The van der Waals surface area contributed by atoms with E-state index in [2.05, 4.69) is 25.3 Å². The Bertz CT molecular complexity index is 732. The predicted octanol–water partition coefficient (Wildman–Crippen LogP) is 2.51. The number of nitrogens with zero attached hydrogens (tertiary/aromatic N) is 3. The number of hydrogen-bond acceptors (Lipinski definition) is 4. The van der Waals surface area contributed by atoms with Crippen LogP contribution in [0, 0.1) is 17.5 Å². The number of anilines is 2. The summed E-state index contributed by atoms with van der Waals surface area (Å²) in [4.78, 5) is 14.5. The van der Waals surface area contributed by atoms with Gasteiger partial charge < -0.3 is 10.3 Å². The lowest BCUT2D eigenvalue weighted by Gasteiger charge is -2.06. The van der Waals surface area contributed by atoms with Gasteiger partial charge in [-0.2, -0.15) is 4.98 Å². The SMILES string of the molecule is Fc1cc(F)c(Nc2ncc3[nH]cnc3n2)c(F)c1. The summed E-state index contributed by atoms with van der Waals surface area (Å²) in [7, 11) is 0. The number of aromatic amines is 1. The van der Waals surface area contributed by atoms with Crippen molar-refractivity contribution in [1.82, 2.24) is 19.9 Å². The van der Waals surface area contributed by atoms with Gasteiger partial charge in [0, 0.05) is 12.1 Å². The number of benzene rings is 1. The van der Waals surface area contributed by atoms with E-state index in [4.69, 9.17) is 0 Å². The first-order valence-electron chi connectivity index (χ1n) is 5.21. The Labute approximate surface area is 104 Å². The molecule has 1 aromatic carbocycles. The molecule has 96 valence electrons. The maximum absolute atomic E-state index is 13.4. The van der Waals surface area contributed by atoms with Crippen molar-refractivity contribution in [2.45, 2.75) is 0 Å². The Kier molecular flexibility index (Phi) is 2.55. The van der Waals surface area contributed by atoms with Gasteiger partial charge in [-0.05, 0) is 0 Å². The van der Waals surface area contributed by atoms with Crippen LogP contribution in [-0.4, -0.2) is 19.9 Å². The Balaban J connectivity index is 2.00. The Hall–Kier alpha value is -2.64. The average Bonchev–Trinajstić information content (AvgIpc) is 2.81. The Morgan fingerprint density at radius 1 is 1.05 bits per heavy atom. The molecule has 0 aliphatic rings. The highest BCUT2D eigenvalue weighted by molar-refractivity contribution is 5.70. The fourth-order valence-electron chi connectivity index (χ4n) is 1.57. The first-order chi connectivity index (χ1) is 9.13. The van der Waals surface area contributed by atoms with Crippen molar-refractivity contribution in [3.63, 3.8) is 0 Å². The van der Waals surface area contributed by atoms with E-state index < -0.39 is 23.1 Å². The van der Waals surface area contributed by atoms with Gasteiger partial charge in [-0.25, -0.2) is 23.1 Å². The normalized spacial score (nSPS) is 10.9. The first kappa shape index (κ1) is 11.5. The van der Waals surface area contributed by atoms with Crippen LogP contribution in [0.2, 0.25) is 0 Å². The summed E-state index contributed by atoms with van der Waals surface area (Å²) in [5, 5.41) is 2.36. The molecule has 0 saturated heterocycles. The number of imidazole rings is 1. The highest BCUT2D eigenvalue weighted by Crippen LogP contribution is 2.23. The Morgan fingerprint density at radius 3 is 2.53 bits per heavy atom. The van der Waals surface area contributed by atoms with Crippen LogP contribution in [0.5, 0.6) is 0 Å². The van der Waals surface area contributed by atoms with Crippen molar-refractivity contribution in [2.75, 3.05) is 5.32 Å². The van der Waals surface area contributed by atoms with E-state index in [0.717, 1.165) is 0 Å². The lowest BCUT2D eigenvalue weighted by Crippen LogP contribution is -2.02. The maximum Gasteiger partial charge on any atom is 0.229 e. The minimum atomic E-state index is -1.07. The Morgan fingerprint density at radius 2 is 1.79 bits per heavy atom. The number of nitrogens with one attached hydrogen (secondary N) is 2. The number of aromatic nitrogens is 4. The second-order valence-electron chi connectivity index (χ2n) is 3.70. The summed E-state index contributed by atoms with van der Waals surface area (Å²) in [6.07, 6.45) is 2.83. The minimum Gasteiger partial charge on any atom is -0.342 e. The van der Waals surface area contributed by atoms with Crippen molar-refractivity contribution >= 4 is 22.8 Å². The lowest BCUT2D eigenvalue weighted by molar-refractivity contribution is 0.548. The number of rotatable bonds is 2. The van der Waals surface area contributed by atoms with Gasteiger partial charge in [0.2, 0.25) is 5.95 Å². The van der Waals surface area contributed by atoms with Crippen LogP contribution in [0.4, 0.5) is 24.8 Å². The molecule has 0 spiro atoms. The smallest absolute Gasteiger partial charge is 0.229 e. The molecule has 0 aliphatic heterocycles. The molecule has 0 aliphatic carbocycles. The van der Waals surface area contributed by atoms with Crippen molar-refractivity contribution in [2.24, 2.45) is 0 Å². The van der Waals surface area contributed by atoms with Crippen molar-refractivity contribution < 1.29 is 13.2 Å². The summed E-state index contributed by atoms with van der Waals surface area (Å²) in [6, 6.07) is 1.14. The van der Waals surface area contributed by atoms with E-state index >= 15 is 0 Å². The van der Waals surface area contributed by atoms with Crippen LogP contribution >= 0.6 is 0 Å². The zero-order valence-electron chi connectivity index (χ0n) is 9.28. The quantitative estimate of drug-likeness (QED) is 0.747. The monoisotopic (exact) mass is 265 g/mol. The van der Waals surface area contributed by atoms with E-state index in [1.807, 2.05) is 0 Å². The summed E-state index contributed by atoms with van der Waals surface area (Å²) < 4.78 is 39.6. The highest BCUT2D eigenvalue weighted by atomic mass is 19.1. The van der Waals surface area contributed by atoms with E-state index in [1.165, 1.54) is 12.5 Å². The fraction of sp³-hybridized carbons (Fsp3) is 0. The van der Waals surface area contributed by atoms with Gasteiger partial charge in [-0.15, -0.1) is 0 Å². The number of H-pyrrole nitrogens is 1. The molecule has 19 heavy (non-hydrogen) atoms. The zero-order valence-corrected chi connectivity index (χ0v) is 9.28. The molecule has 0 saturated carbocycles. The number of fused-ring (bicyclic) bond motifs is 1. The average molecular weight is 265 g/mol. The molecule has 0 unspecified atom stereocenters. The second-order valence-corrected chi connectivity index (χ2v) is 3.70. The number of hydrogen-bond donors (Lipinski definition) is 2. The van der Waals surface area contributed by atoms with Gasteiger partial charge in [0.05, 0.1) is 12.5 Å². The van der Waals surface area contributed by atoms with Crippen molar-refractivity contribution in [1.29, 1.82) is 0 Å².